The Hall–Kier alpha value is -1.06. The first-order valence-electron chi connectivity index (χ1n) is 7.12. The lowest BCUT2D eigenvalue weighted by molar-refractivity contribution is -0.119. The van der Waals surface area contributed by atoms with Crippen LogP contribution in [-0.4, -0.2) is 24.9 Å². The first-order chi connectivity index (χ1) is 8.63. The number of rotatable bonds is 11. The molecule has 0 heterocycles. The van der Waals surface area contributed by atoms with Gasteiger partial charge in [0.2, 0.25) is 11.8 Å². The summed E-state index contributed by atoms with van der Waals surface area (Å²) >= 11 is 0. The summed E-state index contributed by atoms with van der Waals surface area (Å²) in [5.41, 5.74) is 0. The highest BCUT2D eigenvalue weighted by Crippen LogP contribution is 2.07. The van der Waals surface area contributed by atoms with Crippen molar-refractivity contribution in [3.8, 4) is 0 Å². The smallest absolute Gasteiger partial charge is 0.216 e. The van der Waals surface area contributed by atoms with Crippen LogP contribution < -0.4 is 10.6 Å². The molecule has 2 N–H and O–H groups in total. The molecule has 0 aromatic carbocycles. The summed E-state index contributed by atoms with van der Waals surface area (Å²) in [7, 11) is 0. The molecule has 0 saturated carbocycles. The third-order valence-electron chi connectivity index (χ3n) is 2.85. The Morgan fingerprint density at radius 2 is 0.889 bits per heavy atom. The average Bonchev–Trinajstić information content (AvgIpc) is 2.29. The molecule has 0 atom stereocenters. The van der Waals surface area contributed by atoms with Gasteiger partial charge in [0, 0.05) is 26.9 Å². The monoisotopic (exact) mass is 256 g/mol. The van der Waals surface area contributed by atoms with Crippen molar-refractivity contribution in [3.63, 3.8) is 0 Å². The summed E-state index contributed by atoms with van der Waals surface area (Å²) in [5.74, 6) is 0.128. The molecule has 0 bridgehead atoms. The van der Waals surface area contributed by atoms with E-state index in [2.05, 4.69) is 10.6 Å². The van der Waals surface area contributed by atoms with E-state index in [-0.39, 0.29) is 11.8 Å². The Labute approximate surface area is 111 Å². The minimum absolute atomic E-state index is 0.0640. The van der Waals surface area contributed by atoms with Crippen molar-refractivity contribution in [2.24, 2.45) is 0 Å². The van der Waals surface area contributed by atoms with Crippen molar-refractivity contribution in [1.29, 1.82) is 0 Å². The molecule has 18 heavy (non-hydrogen) atoms. The highest BCUT2D eigenvalue weighted by atomic mass is 16.1. The van der Waals surface area contributed by atoms with E-state index in [9.17, 15) is 9.59 Å². The van der Waals surface area contributed by atoms with Crippen molar-refractivity contribution in [3.05, 3.63) is 0 Å². The van der Waals surface area contributed by atoms with Crippen LogP contribution in [0.2, 0.25) is 0 Å². The largest absolute Gasteiger partial charge is 0.356 e. The molecule has 0 unspecified atom stereocenters. The maximum Gasteiger partial charge on any atom is 0.216 e. The number of carbonyl (C=O) groups is 2. The fourth-order valence-electron chi connectivity index (χ4n) is 1.84. The molecule has 0 aliphatic heterocycles. The molecule has 0 fully saturated rings. The maximum atomic E-state index is 10.6. The van der Waals surface area contributed by atoms with Gasteiger partial charge in [0.25, 0.3) is 0 Å². The maximum absolute atomic E-state index is 10.6. The van der Waals surface area contributed by atoms with Gasteiger partial charge in [-0.2, -0.15) is 0 Å². The quantitative estimate of drug-likeness (QED) is 0.558. The Balaban J connectivity index is 2.99. The van der Waals surface area contributed by atoms with Crippen LogP contribution in [0.1, 0.15) is 65.2 Å². The summed E-state index contributed by atoms with van der Waals surface area (Å²) in [4.78, 5) is 21.2. The fourth-order valence-corrected chi connectivity index (χ4v) is 1.84. The third-order valence-corrected chi connectivity index (χ3v) is 2.85. The summed E-state index contributed by atoms with van der Waals surface area (Å²) in [6.45, 7) is 4.74. The lowest BCUT2D eigenvalue weighted by Gasteiger charge is -2.03. The molecule has 0 spiro atoms. The summed E-state index contributed by atoms with van der Waals surface area (Å²) < 4.78 is 0. The minimum Gasteiger partial charge on any atom is -0.356 e. The Morgan fingerprint density at radius 1 is 0.611 bits per heavy atom. The second-order valence-electron chi connectivity index (χ2n) is 4.79. The van der Waals surface area contributed by atoms with Crippen molar-refractivity contribution in [2.75, 3.05) is 13.1 Å². The van der Waals surface area contributed by atoms with Gasteiger partial charge in [-0.15, -0.1) is 0 Å². The van der Waals surface area contributed by atoms with Crippen LogP contribution in [0.15, 0.2) is 0 Å². The molecule has 4 heteroatoms. The second-order valence-corrected chi connectivity index (χ2v) is 4.79. The third kappa shape index (κ3) is 14.9. The van der Waals surface area contributed by atoms with E-state index in [1.54, 1.807) is 13.8 Å². The minimum atomic E-state index is 0.0640. The number of carbonyl (C=O) groups excluding carboxylic acids is 2. The molecule has 2 amide bonds. The van der Waals surface area contributed by atoms with Gasteiger partial charge in [0.1, 0.15) is 0 Å². The van der Waals surface area contributed by atoms with E-state index < -0.39 is 0 Å². The molecule has 0 radical (unpaired) electrons. The van der Waals surface area contributed by atoms with E-state index in [1.165, 1.54) is 38.5 Å². The molecule has 4 nitrogen and oxygen atoms in total. The molecule has 0 aliphatic rings. The summed E-state index contributed by atoms with van der Waals surface area (Å²) in [5, 5.41) is 5.61. The Kier molecular flexibility index (Phi) is 11.7. The van der Waals surface area contributed by atoms with Gasteiger partial charge in [-0.1, -0.05) is 38.5 Å². The van der Waals surface area contributed by atoms with Crippen LogP contribution >= 0.6 is 0 Å². The first kappa shape index (κ1) is 16.9. The Morgan fingerprint density at radius 3 is 1.17 bits per heavy atom. The molecular weight excluding hydrogens is 228 g/mol. The van der Waals surface area contributed by atoms with Crippen molar-refractivity contribution >= 4 is 11.8 Å². The predicted molar refractivity (Wildman–Crippen MR) is 74.3 cm³/mol. The van der Waals surface area contributed by atoms with Crippen LogP contribution in [-0.2, 0) is 9.59 Å². The van der Waals surface area contributed by atoms with E-state index in [1.807, 2.05) is 0 Å². The molecular formula is C14H28N2O2. The van der Waals surface area contributed by atoms with Gasteiger partial charge in [-0.3, -0.25) is 9.59 Å². The van der Waals surface area contributed by atoms with E-state index in [0.29, 0.717) is 0 Å². The molecule has 0 saturated heterocycles. The van der Waals surface area contributed by atoms with Crippen molar-refractivity contribution in [1.82, 2.24) is 10.6 Å². The normalized spacial score (nSPS) is 10.1. The van der Waals surface area contributed by atoms with Gasteiger partial charge in [-0.25, -0.2) is 0 Å². The van der Waals surface area contributed by atoms with Crippen LogP contribution in [0.25, 0.3) is 0 Å². The Bertz CT molecular complexity index is 206. The second kappa shape index (κ2) is 12.4. The average molecular weight is 256 g/mol. The number of hydrogen-bond acceptors (Lipinski definition) is 2. The molecule has 106 valence electrons. The summed E-state index contributed by atoms with van der Waals surface area (Å²) in [6.07, 6.45) is 9.64. The highest BCUT2D eigenvalue weighted by Gasteiger charge is 1.94. The van der Waals surface area contributed by atoms with Crippen LogP contribution in [0.5, 0.6) is 0 Å². The lowest BCUT2D eigenvalue weighted by atomic mass is 10.1. The van der Waals surface area contributed by atoms with Crippen LogP contribution in [0.3, 0.4) is 0 Å². The van der Waals surface area contributed by atoms with E-state index >= 15 is 0 Å². The molecule has 0 rings (SSSR count). The number of amides is 2. The number of hydrogen-bond donors (Lipinski definition) is 2. The molecule has 0 aromatic heterocycles. The first-order valence-corrected chi connectivity index (χ1v) is 7.12. The van der Waals surface area contributed by atoms with Crippen LogP contribution in [0.4, 0.5) is 0 Å². The topological polar surface area (TPSA) is 58.2 Å². The zero-order chi connectivity index (χ0) is 13.6. The zero-order valence-corrected chi connectivity index (χ0v) is 11.9. The zero-order valence-electron chi connectivity index (χ0n) is 11.9. The van der Waals surface area contributed by atoms with Crippen molar-refractivity contribution in [2.45, 2.75) is 65.2 Å². The number of unbranched alkanes of at least 4 members (excludes halogenated alkanes) is 7. The van der Waals surface area contributed by atoms with Gasteiger partial charge < -0.3 is 10.6 Å². The van der Waals surface area contributed by atoms with Crippen LogP contribution in [0, 0.1) is 0 Å². The molecule has 0 aliphatic carbocycles. The van der Waals surface area contributed by atoms with Gasteiger partial charge in [0.15, 0.2) is 0 Å². The van der Waals surface area contributed by atoms with Gasteiger partial charge in [-0.05, 0) is 12.8 Å². The fraction of sp³-hybridized carbons (Fsp3) is 0.857. The summed E-state index contributed by atoms with van der Waals surface area (Å²) in [6, 6.07) is 0. The highest BCUT2D eigenvalue weighted by molar-refractivity contribution is 5.72. The standard InChI is InChI=1S/C14H28N2O2/c1-13(17)15-11-9-7-5-3-4-6-8-10-12-16-14(2)18/h3-12H2,1-2H3,(H,15,17)(H,16,18). The van der Waals surface area contributed by atoms with Gasteiger partial charge >= 0.3 is 0 Å². The van der Waals surface area contributed by atoms with Crippen molar-refractivity contribution < 1.29 is 9.59 Å². The van der Waals surface area contributed by atoms with E-state index in [0.717, 1.165) is 25.9 Å². The van der Waals surface area contributed by atoms with E-state index in [4.69, 9.17) is 0 Å². The van der Waals surface area contributed by atoms with Gasteiger partial charge in [0.05, 0.1) is 0 Å². The predicted octanol–water partition coefficient (Wildman–Crippen LogP) is 2.38. The number of nitrogens with one attached hydrogen (secondary N) is 2. The SMILES string of the molecule is CC(=O)NCCCCCCCCCCNC(C)=O. The lowest BCUT2D eigenvalue weighted by Crippen LogP contribution is -2.20. The molecule has 0 aromatic rings.